The molecule has 0 saturated carbocycles. The van der Waals surface area contributed by atoms with E-state index in [9.17, 15) is 9.90 Å². The zero-order valence-electron chi connectivity index (χ0n) is 16.1. The maximum Gasteiger partial charge on any atom is 0.308 e. The van der Waals surface area contributed by atoms with Crippen LogP contribution in [0.3, 0.4) is 0 Å². The summed E-state index contributed by atoms with van der Waals surface area (Å²) in [6.07, 6.45) is 1.41. The predicted molar refractivity (Wildman–Crippen MR) is 123 cm³/mol. The van der Waals surface area contributed by atoms with Crippen LogP contribution < -0.4 is 5.43 Å². The molecule has 0 bridgehead atoms. The van der Waals surface area contributed by atoms with Crippen LogP contribution in [0, 0.1) is 5.92 Å². The lowest BCUT2D eigenvalue weighted by Gasteiger charge is -2.31. The van der Waals surface area contributed by atoms with E-state index in [-0.39, 0.29) is 17.6 Å². The molecule has 154 valence electrons. The molecule has 0 unspecified atom stereocenters. The molecular formula is C20H22BrN3O3S2. The zero-order chi connectivity index (χ0) is 21.0. The lowest BCUT2D eigenvalue weighted by Crippen LogP contribution is -2.44. The molecule has 0 radical (unpaired) electrons. The van der Waals surface area contributed by atoms with E-state index in [0.717, 1.165) is 14.9 Å². The first-order chi connectivity index (χ1) is 13.9. The Labute approximate surface area is 187 Å². The summed E-state index contributed by atoms with van der Waals surface area (Å²) in [4.78, 5) is 14.4. The van der Waals surface area contributed by atoms with Gasteiger partial charge in [0, 0.05) is 22.9 Å². The summed E-state index contributed by atoms with van der Waals surface area (Å²) in [7, 11) is 1.42. The number of halogens is 1. The SMILES string of the molecule is COC(=O)C1CCN(C(=S)N/N=C(/C)c2csc(-c3ccc(Br)cc3)c2O)CC1. The lowest BCUT2D eigenvalue weighted by atomic mass is 9.97. The van der Waals surface area contributed by atoms with E-state index >= 15 is 0 Å². The Morgan fingerprint density at radius 1 is 1.34 bits per heavy atom. The van der Waals surface area contributed by atoms with Gasteiger partial charge in [0.15, 0.2) is 5.11 Å². The molecule has 1 aromatic carbocycles. The molecule has 1 aliphatic heterocycles. The number of methoxy groups -OCH3 is 1. The van der Waals surface area contributed by atoms with Crippen LogP contribution in [0.1, 0.15) is 25.3 Å². The Morgan fingerprint density at radius 3 is 2.62 bits per heavy atom. The lowest BCUT2D eigenvalue weighted by molar-refractivity contribution is -0.146. The Balaban J connectivity index is 1.62. The van der Waals surface area contributed by atoms with Crippen LogP contribution in [0.2, 0.25) is 0 Å². The normalized spacial score (nSPS) is 15.3. The van der Waals surface area contributed by atoms with E-state index in [1.807, 2.05) is 41.5 Å². The summed E-state index contributed by atoms with van der Waals surface area (Å²) in [5, 5.41) is 17.4. The average molecular weight is 496 g/mol. The van der Waals surface area contributed by atoms with Crippen molar-refractivity contribution in [3.05, 3.63) is 39.7 Å². The Bertz CT molecular complexity index is 920. The van der Waals surface area contributed by atoms with Gasteiger partial charge in [0.25, 0.3) is 0 Å². The highest BCUT2D eigenvalue weighted by molar-refractivity contribution is 9.10. The van der Waals surface area contributed by atoms with Gasteiger partial charge in [-0.05, 0) is 49.7 Å². The number of piperidine rings is 1. The number of aromatic hydroxyl groups is 1. The van der Waals surface area contributed by atoms with Gasteiger partial charge in [-0.25, -0.2) is 0 Å². The molecule has 6 nitrogen and oxygen atoms in total. The minimum Gasteiger partial charge on any atom is -0.506 e. The summed E-state index contributed by atoms with van der Waals surface area (Å²) in [6.45, 7) is 3.18. The van der Waals surface area contributed by atoms with E-state index in [2.05, 4.69) is 26.5 Å². The number of esters is 1. The number of hydrogen-bond donors (Lipinski definition) is 2. The second kappa shape index (κ2) is 9.69. The first-order valence-corrected chi connectivity index (χ1v) is 11.2. The van der Waals surface area contributed by atoms with Gasteiger partial charge in [0.05, 0.1) is 29.2 Å². The molecule has 0 aliphatic carbocycles. The first kappa shape index (κ1) is 21.7. The summed E-state index contributed by atoms with van der Waals surface area (Å²) in [6, 6.07) is 7.80. The maximum atomic E-state index is 11.6. The van der Waals surface area contributed by atoms with E-state index in [1.54, 1.807) is 0 Å². The number of rotatable bonds is 4. The van der Waals surface area contributed by atoms with Gasteiger partial charge in [-0.3, -0.25) is 10.2 Å². The van der Waals surface area contributed by atoms with Gasteiger partial charge in [-0.1, -0.05) is 28.1 Å². The zero-order valence-corrected chi connectivity index (χ0v) is 19.4. The van der Waals surface area contributed by atoms with Crippen LogP contribution >= 0.6 is 39.5 Å². The van der Waals surface area contributed by atoms with Crippen molar-refractivity contribution in [3.8, 4) is 16.2 Å². The molecule has 1 fully saturated rings. The number of likely N-dealkylation sites (tertiary alicyclic amines) is 1. The van der Waals surface area contributed by atoms with Crippen LogP contribution in [0.4, 0.5) is 0 Å². The number of hydrazone groups is 1. The number of hydrogen-bond acceptors (Lipinski definition) is 6. The largest absolute Gasteiger partial charge is 0.506 e. The Morgan fingerprint density at radius 2 is 2.00 bits per heavy atom. The number of carbonyl (C=O) groups excluding carboxylic acids is 1. The quantitative estimate of drug-likeness (QED) is 0.284. The van der Waals surface area contributed by atoms with Crippen molar-refractivity contribution in [1.29, 1.82) is 0 Å². The van der Waals surface area contributed by atoms with Crippen LogP contribution in [-0.4, -0.2) is 47.0 Å². The minimum atomic E-state index is -0.160. The van der Waals surface area contributed by atoms with Gasteiger partial charge in [0.2, 0.25) is 0 Å². The number of nitrogens with zero attached hydrogens (tertiary/aromatic N) is 2. The van der Waals surface area contributed by atoms with Crippen molar-refractivity contribution in [3.63, 3.8) is 0 Å². The molecule has 29 heavy (non-hydrogen) atoms. The predicted octanol–water partition coefficient (Wildman–Crippen LogP) is 4.37. The second-order valence-corrected chi connectivity index (χ2v) is 8.91. The third kappa shape index (κ3) is 5.15. The van der Waals surface area contributed by atoms with Crippen LogP contribution in [0.25, 0.3) is 10.4 Å². The summed E-state index contributed by atoms with van der Waals surface area (Å²) in [5.41, 5.74) is 5.18. The van der Waals surface area contributed by atoms with Crippen molar-refractivity contribution in [1.82, 2.24) is 10.3 Å². The molecule has 2 heterocycles. The summed E-state index contributed by atoms with van der Waals surface area (Å²) in [5.74, 6) is -0.0128. The molecule has 0 atom stereocenters. The van der Waals surface area contributed by atoms with E-state index in [1.165, 1.54) is 18.4 Å². The fourth-order valence-electron chi connectivity index (χ4n) is 3.16. The number of thiocarbonyl (C=S) groups is 1. The Kier molecular flexibility index (Phi) is 7.26. The van der Waals surface area contributed by atoms with Crippen molar-refractivity contribution in [2.24, 2.45) is 11.0 Å². The molecular weight excluding hydrogens is 474 g/mol. The number of thiophene rings is 1. The van der Waals surface area contributed by atoms with Crippen molar-refractivity contribution in [2.75, 3.05) is 20.2 Å². The van der Waals surface area contributed by atoms with Crippen LogP contribution in [0.5, 0.6) is 5.75 Å². The van der Waals surface area contributed by atoms with Crippen LogP contribution in [0.15, 0.2) is 39.2 Å². The maximum absolute atomic E-state index is 11.6. The van der Waals surface area contributed by atoms with Gasteiger partial charge < -0.3 is 14.7 Å². The topological polar surface area (TPSA) is 74.2 Å². The third-order valence-corrected chi connectivity index (χ3v) is 6.79. The highest BCUT2D eigenvalue weighted by Crippen LogP contribution is 2.39. The molecule has 9 heteroatoms. The van der Waals surface area contributed by atoms with Crippen molar-refractivity contribution in [2.45, 2.75) is 19.8 Å². The summed E-state index contributed by atoms with van der Waals surface area (Å²) < 4.78 is 5.80. The number of carbonyl (C=O) groups is 1. The van der Waals surface area contributed by atoms with E-state index in [4.69, 9.17) is 17.0 Å². The fourth-order valence-corrected chi connectivity index (χ4v) is 4.67. The number of benzene rings is 1. The van der Waals surface area contributed by atoms with E-state index in [0.29, 0.717) is 42.3 Å². The van der Waals surface area contributed by atoms with Gasteiger partial charge >= 0.3 is 5.97 Å². The minimum absolute atomic E-state index is 0.0657. The highest BCUT2D eigenvalue weighted by Gasteiger charge is 2.26. The van der Waals surface area contributed by atoms with Crippen molar-refractivity contribution >= 4 is 56.3 Å². The van der Waals surface area contributed by atoms with Gasteiger partial charge in [0.1, 0.15) is 5.75 Å². The highest BCUT2D eigenvalue weighted by atomic mass is 79.9. The van der Waals surface area contributed by atoms with Gasteiger partial charge in [-0.2, -0.15) is 5.10 Å². The number of nitrogens with one attached hydrogen (secondary N) is 1. The first-order valence-electron chi connectivity index (χ1n) is 9.14. The van der Waals surface area contributed by atoms with Crippen molar-refractivity contribution < 1.29 is 14.6 Å². The van der Waals surface area contributed by atoms with Crippen LogP contribution in [-0.2, 0) is 9.53 Å². The molecule has 2 N–H and O–H groups in total. The molecule has 0 amide bonds. The molecule has 1 saturated heterocycles. The summed E-state index contributed by atoms with van der Waals surface area (Å²) >= 11 is 10.3. The van der Waals surface area contributed by atoms with Gasteiger partial charge in [-0.15, -0.1) is 11.3 Å². The molecule has 2 aromatic rings. The Hall–Kier alpha value is -1.97. The molecule has 0 spiro atoms. The molecule has 1 aromatic heterocycles. The van der Waals surface area contributed by atoms with E-state index < -0.39 is 0 Å². The molecule has 3 rings (SSSR count). The third-order valence-electron chi connectivity index (χ3n) is 4.90. The standard InChI is InChI=1S/C20H22BrN3O3S2/c1-12(16-11-29-18(17(16)25)13-3-5-15(21)6-4-13)22-23-20(28)24-9-7-14(8-10-24)19(26)27-2/h3-6,11,14,25H,7-10H2,1-2H3,(H,23,28)/b22-12-. The average Bonchev–Trinajstić information content (AvgIpc) is 3.13. The molecule has 1 aliphatic rings. The smallest absolute Gasteiger partial charge is 0.308 e. The second-order valence-electron chi connectivity index (χ2n) is 6.73. The fraction of sp³-hybridized carbons (Fsp3) is 0.350. The number of ether oxygens (including phenoxy) is 1. The monoisotopic (exact) mass is 495 g/mol.